The summed E-state index contributed by atoms with van der Waals surface area (Å²) >= 11 is 11.9. The molecule has 132 valence electrons. The molecule has 0 atom stereocenters. The van der Waals surface area contributed by atoms with E-state index in [4.69, 9.17) is 23.2 Å². The summed E-state index contributed by atoms with van der Waals surface area (Å²) in [7, 11) is 0. The maximum Gasteiger partial charge on any atom is 0.225 e. The number of aromatic nitrogens is 1. The maximum absolute atomic E-state index is 12.1. The molecule has 7 heteroatoms. The third kappa shape index (κ3) is 5.33. The lowest BCUT2D eigenvalue weighted by Gasteiger charge is -2.35. The molecule has 0 bridgehead atoms. The van der Waals surface area contributed by atoms with E-state index in [1.807, 2.05) is 24.4 Å². The normalized spacial score (nSPS) is 15.2. The highest BCUT2D eigenvalue weighted by Gasteiger charge is 2.18. The number of carbonyl (C=O) groups excluding carboxylic acids is 1. The van der Waals surface area contributed by atoms with Crippen LogP contribution in [0.25, 0.3) is 0 Å². The van der Waals surface area contributed by atoms with Crippen molar-refractivity contribution in [2.45, 2.75) is 6.42 Å². The molecule has 0 spiro atoms. The molecule has 2 heterocycles. The predicted octanol–water partition coefficient (Wildman–Crippen LogP) is 3.54. The van der Waals surface area contributed by atoms with Gasteiger partial charge in [-0.15, -0.1) is 0 Å². The van der Waals surface area contributed by atoms with E-state index in [2.05, 4.69) is 20.1 Å². The number of halogens is 2. The summed E-state index contributed by atoms with van der Waals surface area (Å²) in [6, 6.07) is 11.0. The first-order chi connectivity index (χ1) is 12.1. The Morgan fingerprint density at radius 1 is 1.08 bits per heavy atom. The molecule has 25 heavy (non-hydrogen) atoms. The topological polar surface area (TPSA) is 48.5 Å². The van der Waals surface area contributed by atoms with Crippen LogP contribution in [0.4, 0.5) is 11.5 Å². The summed E-state index contributed by atoms with van der Waals surface area (Å²) in [5.74, 6) is 0.975. The van der Waals surface area contributed by atoms with Gasteiger partial charge in [0, 0.05) is 61.1 Å². The van der Waals surface area contributed by atoms with E-state index in [1.54, 1.807) is 18.2 Å². The van der Waals surface area contributed by atoms with E-state index >= 15 is 0 Å². The second-order valence-electron chi connectivity index (χ2n) is 5.97. The molecule has 0 aliphatic carbocycles. The standard InChI is InChI=1S/C18H20Cl2N4O/c19-14-11-15(20)13-16(12-14)22-18(25)4-6-23-7-9-24(10-8-23)17-3-1-2-5-21-17/h1-3,5,11-13H,4,6-10H2,(H,22,25). The van der Waals surface area contributed by atoms with Gasteiger partial charge in [-0.1, -0.05) is 29.3 Å². The highest BCUT2D eigenvalue weighted by molar-refractivity contribution is 6.35. The fourth-order valence-electron chi connectivity index (χ4n) is 2.85. The van der Waals surface area contributed by atoms with Crippen molar-refractivity contribution in [1.29, 1.82) is 0 Å². The van der Waals surface area contributed by atoms with E-state index in [1.165, 1.54) is 0 Å². The lowest BCUT2D eigenvalue weighted by molar-refractivity contribution is -0.116. The molecule has 1 aliphatic heterocycles. The first-order valence-corrected chi connectivity index (χ1v) is 9.00. The number of rotatable bonds is 5. The number of pyridine rings is 1. The van der Waals surface area contributed by atoms with Crippen LogP contribution in [-0.4, -0.2) is 48.5 Å². The fourth-order valence-corrected chi connectivity index (χ4v) is 3.38. The van der Waals surface area contributed by atoms with Gasteiger partial charge in [0.05, 0.1) is 0 Å². The van der Waals surface area contributed by atoms with Gasteiger partial charge in [0.2, 0.25) is 5.91 Å². The minimum atomic E-state index is -0.0366. The molecule has 2 aromatic rings. The van der Waals surface area contributed by atoms with E-state index in [0.717, 1.165) is 38.5 Å². The van der Waals surface area contributed by atoms with Crippen LogP contribution in [0.5, 0.6) is 0 Å². The second-order valence-corrected chi connectivity index (χ2v) is 6.85. The quantitative estimate of drug-likeness (QED) is 0.864. The van der Waals surface area contributed by atoms with Crippen molar-refractivity contribution in [2.75, 3.05) is 42.9 Å². The zero-order valence-electron chi connectivity index (χ0n) is 13.8. The van der Waals surface area contributed by atoms with Gasteiger partial charge in [0.15, 0.2) is 0 Å². The lowest BCUT2D eigenvalue weighted by Crippen LogP contribution is -2.47. The number of anilines is 2. The van der Waals surface area contributed by atoms with E-state index in [0.29, 0.717) is 22.2 Å². The number of hydrogen-bond donors (Lipinski definition) is 1. The Morgan fingerprint density at radius 2 is 1.80 bits per heavy atom. The Morgan fingerprint density at radius 3 is 2.44 bits per heavy atom. The fraction of sp³-hybridized carbons (Fsp3) is 0.333. The SMILES string of the molecule is O=C(CCN1CCN(c2ccccn2)CC1)Nc1cc(Cl)cc(Cl)c1. The molecular formula is C18H20Cl2N4O. The first kappa shape index (κ1) is 18.0. The molecule has 0 unspecified atom stereocenters. The number of carbonyl (C=O) groups is 1. The third-order valence-corrected chi connectivity index (χ3v) is 4.58. The van der Waals surface area contributed by atoms with Crippen LogP contribution in [0.15, 0.2) is 42.6 Å². The summed E-state index contributed by atoms with van der Waals surface area (Å²) in [5.41, 5.74) is 0.627. The Balaban J connectivity index is 1.43. The lowest BCUT2D eigenvalue weighted by atomic mass is 10.2. The molecule has 1 saturated heterocycles. The molecule has 1 aliphatic rings. The van der Waals surface area contributed by atoms with Crippen LogP contribution in [0.2, 0.25) is 10.0 Å². The van der Waals surface area contributed by atoms with Crippen molar-refractivity contribution in [3.63, 3.8) is 0 Å². The van der Waals surface area contributed by atoms with Crippen molar-refractivity contribution in [2.24, 2.45) is 0 Å². The zero-order valence-corrected chi connectivity index (χ0v) is 15.3. The smallest absolute Gasteiger partial charge is 0.225 e. The summed E-state index contributed by atoms with van der Waals surface area (Å²) in [6.07, 6.45) is 2.25. The molecule has 1 aromatic heterocycles. The average Bonchev–Trinajstić information content (AvgIpc) is 2.60. The molecule has 1 N–H and O–H groups in total. The van der Waals surface area contributed by atoms with Crippen LogP contribution in [0.3, 0.4) is 0 Å². The van der Waals surface area contributed by atoms with Gasteiger partial charge >= 0.3 is 0 Å². The zero-order chi connectivity index (χ0) is 17.6. The summed E-state index contributed by atoms with van der Waals surface area (Å²) in [4.78, 5) is 21.1. The van der Waals surface area contributed by atoms with E-state index < -0.39 is 0 Å². The summed E-state index contributed by atoms with van der Waals surface area (Å²) < 4.78 is 0. The Kier molecular flexibility index (Phi) is 6.13. The van der Waals surface area contributed by atoms with E-state index in [-0.39, 0.29) is 5.91 Å². The number of amides is 1. The number of nitrogens with zero attached hydrogens (tertiary/aromatic N) is 3. The van der Waals surface area contributed by atoms with Gasteiger partial charge in [0.1, 0.15) is 5.82 Å². The minimum Gasteiger partial charge on any atom is -0.354 e. The molecule has 0 saturated carbocycles. The number of nitrogens with one attached hydrogen (secondary N) is 1. The van der Waals surface area contributed by atoms with Crippen LogP contribution in [-0.2, 0) is 4.79 Å². The number of benzene rings is 1. The minimum absolute atomic E-state index is 0.0366. The van der Waals surface area contributed by atoms with Crippen LogP contribution in [0.1, 0.15) is 6.42 Å². The molecule has 1 fully saturated rings. The Hall–Kier alpha value is -1.82. The van der Waals surface area contributed by atoms with Crippen LogP contribution < -0.4 is 10.2 Å². The van der Waals surface area contributed by atoms with Gasteiger partial charge in [-0.25, -0.2) is 4.98 Å². The highest BCUT2D eigenvalue weighted by Crippen LogP contribution is 2.22. The maximum atomic E-state index is 12.1. The Labute approximate surface area is 157 Å². The van der Waals surface area contributed by atoms with Gasteiger partial charge in [-0.05, 0) is 30.3 Å². The van der Waals surface area contributed by atoms with Gasteiger partial charge in [-0.3, -0.25) is 9.69 Å². The van der Waals surface area contributed by atoms with Crippen LogP contribution in [0, 0.1) is 0 Å². The van der Waals surface area contributed by atoms with Crippen molar-refractivity contribution in [1.82, 2.24) is 9.88 Å². The van der Waals surface area contributed by atoms with Gasteiger partial charge < -0.3 is 10.2 Å². The Bertz CT molecular complexity index is 698. The predicted molar refractivity (Wildman–Crippen MR) is 103 cm³/mol. The summed E-state index contributed by atoms with van der Waals surface area (Å²) in [6.45, 7) is 4.42. The largest absolute Gasteiger partial charge is 0.354 e. The van der Waals surface area contributed by atoms with Crippen molar-refractivity contribution >= 4 is 40.6 Å². The summed E-state index contributed by atoms with van der Waals surface area (Å²) in [5, 5.41) is 3.86. The molecule has 1 amide bonds. The van der Waals surface area contributed by atoms with Crippen molar-refractivity contribution < 1.29 is 4.79 Å². The van der Waals surface area contributed by atoms with Gasteiger partial charge in [0.25, 0.3) is 0 Å². The first-order valence-electron chi connectivity index (χ1n) is 8.24. The van der Waals surface area contributed by atoms with Crippen molar-refractivity contribution in [3.05, 3.63) is 52.6 Å². The highest BCUT2D eigenvalue weighted by atomic mass is 35.5. The second kappa shape index (κ2) is 8.52. The molecule has 0 radical (unpaired) electrons. The number of hydrogen-bond acceptors (Lipinski definition) is 4. The molecular weight excluding hydrogens is 359 g/mol. The number of piperazine rings is 1. The molecule has 1 aromatic carbocycles. The van der Waals surface area contributed by atoms with Crippen LogP contribution >= 0.6 is 23.2 Å². The third-order valence-electron chi connectivity index (χ3n) is 4.15. The molecule has 5 nitrogen and oxygen atoms in total. The van der Waals surface area contributed by atoms with E-state index in [9.17, 15) is 4.79 Å². The van der Waals surface area contributed by atoms with Gasteiger partial charge in [-0.2, -0.15) is 0 Å². The monoisotopic (exact) mass is 378 g/mol. The molecule has 3 rings (SSSR count). The average molecular weight is 379 g/mol. The van der Waals surface area contributed by atoms with Crippen molar-refractivity contribution in [3.8, 4) is 0 Å².